The van der Waals surface area contributed by atoms with E-state index >= 15 is 0 Å². The number of hydrogen-bond acceptors (Lipinski definition) is 2. The number of guanidine groups is 1. The predicted molar refractivity (Wildman–Crippen MR) is 68.0 cm³/mol. The van der Waals surface area contributed by atoms with Crippen molar-refractivity contribution in [2.45, 2.75) is 19.4 Å². The molecule has 1 unspecified atom stereocenters. The normalized spacial score (nSPS) is 20.9. The van der Waals surface area contributed by atoms with Crippen molar-refractivity contribution in [3.63, 3.8) is 0 Å². The highest BCUT2D eigenvalue weighted by Gasteiger charge is 2.31. The van der Waals surface area contributed by atoms with E-state index in [2.05, 4.69) is 15.6 Å². The van der Waals surface area contributed by atoms with Gasteiger partial charge < -0.3 is 5.32 Å². The lowest BCUT2D eigenvalue weighted by atomic mass is 10.1. The largest absolute Gasteiger partial charge is 0.340 e. The quantitative estimate of drug-likeness (QED) is 0.882. The first kappa shape index (κ1) is 12.8. The van der Waals surface area contributed by atoms with E-state index in [-0.39, 0.29) is 11.5 Å². The molecule has 2 rings (SSSR count). The maximum Gasteiger partial charge on any atom is 0.254 e. The summed E-state index contributed by atoms with van der Waals surface area (Å²) in [5.41, 5.74) is 0.224. The Morgan fingerprint density at radius 2 is 2.28 bits per heavy atom. The predicted octanol–water partition coefficient (Wildman–Crippen LogP) is 2.01. The van der Waals surface area contributed by atoms with Crippen LogP contribution in [-0.4, -0.2) is 18.4 Å². The van der Waals surface area contributed by atoms with Crippen LogP contribution in [0.3, 0.4) is 0 Å². The number of hydrogen-bond donors (Lipinski definition) is 2. The average molecular weight is 270 g/mol. The molecule has 1 aromatic carbocycles. The molecule has 1 saturated heterocycles. The molecule has 0 aromatic heterocycles. The van der Waals surface area contributed by atoms with Crippen LogP contribution >= 0.6 is 11.6 Å². The Morgan fingerprint density at radius 1 is 1.50 bits per heavy atom. The number of nitrogens with zero attached hydrogens (tertiary/aromatic N) is 1. The third kappa shape index (κ3) is 2.61. The molecule has 1 atom stereocenters. The summed E-state index contributed by atoms with van der Waals surface area (Å²) in [5.74, 6) is -0.416. The van der Waals surface area contributed by atoms with Crippen LogP contribution in [0, 0.1) is 5.82 Å². The van der Waals surface area contributed by atoms with E-state index in [1.165, 1.54) is 18.2 Å². The van der Waals surface area contributed by atoms with Crippen LogP contribution in [0.1, 0.15) is 24.9 Å². The van der Waals surface area contributed by atoms with Gasteiger partial charge in [-0.2, -0.15) is 0 Å². The van der Waals surface area contributed by atoms with Gasteiger partial charge in [0.25, 0.3) is 5.91 Å². The molecule has 2 N–H and O–H groups in total. The summed E-state index contributed by atoms with van der Waals surface area (Å²) >= 11 is 5.81. The lowest BCUT2D eigenvalue weighted by Gasteiger charge is -2.09. The number of amides is 1. The van der Waals surface area contributed by atoms with Crippen LogP contribution < -0.4 is 10.6 Å². The summed E-state index contributed by atoms with van der Waals surface area (Å²) in [5, 5.41) is 5.81. The molecule has 0 radical (unpaired) electrons. The second-order valence-corrected chi connectivity index (χ2v) is 4.40. The van der Waals surface area contributed by atoms with Gasteiger partial charge in [-0.3, -0.25) is 15.1 Å². The monoisotopic (exact) mass is 269 g/mol. The van der Waals surface area contributed by atoms with Crippen LogP contribution in [0.2, 0.25) is 5.02 Å². The Bertz CT molecular complexity index is 504. The second-order valence-electron chi connectivity index (χ2n) is 3.96. The van der Waals surface area contributed by atoms with E-state index in [9.17, 15) is 9.18 Å². The molecule has 0 aliphatic carbocycles. The van der Waals surface area contributed by atoms with E-state index in [0.717, 1.165) is 6.42 Å². The fourth-order valence-corrected chi connectivity index (χ4v) is 1.87. The number of nitrogens with one attached hydrogen (secondary N) is 2. The molecule has 1 heterocycles. The Labute approximate surface area is 109 Å². The molecule has 1 amide bonds. The van der Waals surface area contributed by atoms with Crippen molar-refractivity contribution in [3.05, 3.63) is 34.6 Å². The minimum atomic E-state index is -0.778. The Kier molecular flexibility index (Phi) is 3.81. The van der Waals surface area contributed by atoms with Gasteiger partial charge >= 0.3 is 0 Å². The highest BCUT2D eigenvalue weighted by Crippen LogP contribution is 2.23. The molecule has 1 fully saturated rings. The van der Waals surface area contributed by atoms with Gasteiger partial charge in [-0.15, -0.1) is 0 Å². The third-order valence-corrected chi connectivity index (χ3v) is 2.78. The summed E-state index contributed by atoms with van der Waals surface area (Å²) in [6.07, 6.45) is 0.872. The highest BCUT2D eigenvalue weighted by molar-refractivity contribution is 6.30. The van der Waals surface area contributed by atoms with Gasteiger partial charge in [0, 0.05) is 17.1 Å². The van der Waals surface area contributed by atoms with Crippen LogP contribution in [0.25, 0.3) is 0 Å². The summed E-state index contributed by atoms with van der Waals surface area (Å²) in [7, 11) is 0. The molecule has 0 saturated carbocycles. The summed E-state index contributed by atoms with van der Waals surface area (Å²) < 4.78 is 13.7. The van der Waals surface area contributed by atoms with Gasteiger partial charge in [-0.1, -0.05) is 18.5 Å². The maximum atomic E-state index is 13.7. The first-order chi connectivity index (χ1) is 8.61. The van der Waals surface area contributed by atoms with Crippen molar-refractivity contribution in [1.82, 2.24) is 10.6 Å². The molecule has 0 spiro atoms. The van der Waals surface area contributed by atoms with Crippen LogP contribution in [0.5, 0.6) is 0 Å². The number of benzene rings is 1. The molecule has 0 bridgehead atoms. The molecular formula is C12H13ClFN3O. The topological polar surface area (TPSA) is 53.5 Å². The van der Waals surface area contributed by atoms with E-state index in [1.807, 2.05) is 6.92 Å². The van der Waals surface area contributed by atoms with Crippen molar-refractivity contribution in [2.75, 3.05) is 6.54 Å². The zero-order valence-corrected chi connectivity index (χ0v) is 10.6. The molecule has 18 heavy (non-hydrogen) atoms. The fraction of sp³-hybridized carbons (Fsp3) is 0.333. The van der Waals surface area contributed by atoms with Crippen molar-refractivity contribution in [3.8, 4) is 0 Å². The van der Waals surface area contributed by atoms with E-state index in [0.29, 0.717) is 17.5 Å². The zero-order valence-electron chi connectivity index (χ0n) is 9.84. The van der Waals surface area contributed by atoms with Crippen LogP contribution in [0.4, 0.5) is 4.39 Å². The van der Waals surface area contributed by atoms with E-state index in [1.54, 1.807) is 0 Å². The number of aliphatic imine (C=N–C) groups is 1. The summed E-state index contributed by atoms with van der Waals surface area (Å²) in [4.78, 5) is 15.9. The zero-order chi connectivity index (χ0) is 13.1. The minimum absolute atomic E-state index is 0.224. The minimum Gasteiger partial charge on any atom is -0.340 e. The van der Waals surface area contributed by atoms with Crippen molar-refractivity contribution in [2.24, 2.45) is 4.99 Å². The molecule has 4 nitrogen and oxygen atoms in total. The van der Waals surface area contributed by atoms with Crippen LogP contribution in [0.15, 0.2) is 23.2 Å². The third-order valence-electron chi connectivity index (χ3n) is 2.55. The standard InChI is InChI=1S/C12H13ClFN3O/c1-2-5-15-12-16-10(11(18)17-12)8-6-7(13)3-4-9(8)14/h3-4,6,10H,2,5H2,1H3,(H2,15,16,17,18). The Balaban J connectivity index is 2.24. The van der Waals surface area contributed by atoms with E-state index in [4.69, 9.17) is 11.6 Å². The molecule has 96 valence electrons. The van der Waals surface area contributed by atoms with Crippen molar-refractivity contribution in [1.29, 1.82) is 0 Å². The fourth-order valence-electron chi connectivity index (χ4n) is 1.69. The van der Waals surface area contributed by atoms with Gasteiger partial charge in [0.15, 0.2) is 5.96 Å². The van der Waals surface area contributed by atoms with Gasteiger partial charge in [0.2, 0.25) is 0 Å². The maximum absolute atomic E-state index is 13.7. The molecule has 1 aliphatic heterocycles. The van der Waals surface area contributed by atoms with Crippen molar-refractivity contribution < 1.29 is 9.18 Å². The van der Waals surface area contributed by atoms with E-state index < -0.39 is 11.9 Å². The first-order valence-corrected chi connectivity index (χ1v) is 6.06. The van der Waals surface area contributed by atoms with Gasteiger partial charge in [0.1, 0.15) is 11.9 Å². The molecule has 6 heteroatoms. The molecule has 1 aromatic rings. The van der Waals surface area contributed by atoms with Crippen LogP contribution in [-0.2, 0) is 4.79 Å². The summed E-state index contributed by atoms with van der Waals surface area (Å²) in [6, 6.07) is 3.35. The Hall–Kier alpha value is -1.62. The number of halogens is 2. The number of rotatable bonds is 3. The average Bonchev–Trinajstić information content (AvgIpc) is 2.71. The molecule has 1 aliphatic rings. The number of carbonyl (C=O) groups is 1. The summed E-state index contributed by atoms with van der Waals surface area (Å²) in [6.45, 7) is 2.59. The van der Waals surface area contributed by atoms with Gasteiger partial charge in [-0.05, 0) is 24.6 Å². The smallest absolute Gasteiger partial charge is 0.254 e. The van der Waals surface area contributed by atoms with Crippen molar-refractivity contribution >= 4 is 23.5 Å². The lowest BCUT2D eigenvalue weighted by Crippen LogP contribution is -2.25. The SMILES string of the molecule is CCCN=C1NC(=O)C(c2cc(Cl)ccc2F)N1. The highest BCUT2D eigenvalue weighted by atomic mass is 35.5. The number of carbonyl (C=O) groups excluding carboxylic acids is 1. The first-order valence-electron chi connectivity index (χ1n) is 5.68. The van der Waals surface area contributed by atoms with Gasteiger partial charge in [0.05, 0.1) is 0 Å². The lowest BCUT2D eigenvalue weighted by molar-refractivity contribution is -0.120. The molecular weight excluding hydrogens is 257 g/mol. The second kappa shape index (κ2) is 5.35. The van der Waals surface area contributed by atoms with Gasteiger partial charge in [-0.25, -0.2) is 4.39 Å². The Morgan fingerprint density at radius 3 is 3.00 bits per heavy atom.